The number of aromatic amines is 1. The van der Waals surface area contributed by atoms with E-state index in [1.807, 2.05) is 30.3 Å². The maximum absolute atomic E-state index is 6.00. The Labute approximate surface area is 94.9 Å². The number of benzene rings is 1. The van der Waals surface area contributed by atoms with Crippen LogP contribution in [0.15, 0.2) is 30.3 Å². The molecule has 0 unspecified atom stereocenters. The lowest BCUT2D eigenvalue weighted by molar-refractivity contribution is 0.492. The molecule has 0 aliphatic rings. The Bertz CT molecular complexity index is 447. The molecule has 4 heteroatoms. The average molecular weight is 216 g/mol. The minimum atomic E-state index is -0.0926. The Morgan fingerprint density at radius 3 is 2.50 bits per heavy atom. The fraction of sp³-hybridized carbons (Fsp3) is 0.333. The van der Waals surface area contributed by atoms with Gasteiger partial charge in [-0.1, -0.05) is 44.2 Å². The zero-order valence-electron chi connectivity index (χ0n) is 9.51. The van der Waals surface area contributed by atoms with Gasteiger partial charge in [-0.15, -0.1) is 0 Å². The van der Waals surface area contributed by atoms with Gasteiger partial charge in [-0.25, -0.2) is 4.98 Å². The van der Waals surface area contributed by atoms with Crippen LogP contribution < -0.4 is 5.73 Å². The molecule has 1 heterocycles. The van der Waals surface area contributed by atoms with Crippen LogP contribution in [-0.2, 0) is 0 Å². The molecule has 16 heavy (non-hydrogen) atoms. The van der Waals surface area contributed by atoms with Crippen molar-refractivity contribution < 1.29 is 0 Å². The Morgan fingerprint density at radius 2 is 1.88 bits per heavy atom. The van der Waals surface area contributed by atoms with Crippen molar-refractivity contribution in [2.75, 3.05) is 0 Å². The predicted molar refractivity (Wildman–Crippen MR) is 63.6 cm³/mol. The number of hydrogen-bond acceptors (Lipinski definition) is 3. The number of H-pyrrole nitrogens is 1. The number of rotatable bonds is 3. The standard InChI is InChI=1S/C12H16N4/c1-8(2)10(13)12-14-11(15-16-12)9-6-4-3-5-7-9/h3-8,10H,13H2,1-2H3,(H,14,15,16)/t10-/m0/s1. The van der Waals surface area contributed by atoms with E-state index in [1.54, 1.807) is 0 Å². The van der Waals surface area contributed by atoms with Gasteiger partial charge in [0.2, 0.25) is 0 Å². The van der Waals surface area contributed by atoms with Gasteiger partial charge in [0.1, 0.15) is 5.82 Å². The molecule has 84 valence electrons. The lowest BCUT2D eigenvalue weighted by Gasteiger charge is -2.10. The van der Waals surface area contributed by atoms with Crippen LogP contribution in [0.1, 0.15) is 25.7 Å². The minimum absolute atomic E-state index is 0.0926. The summed E-state index contributed by atoms with van der Waals surface area (Å²) < 4.78 is 0. The third-order valence-electron chi connectivity index (χ3n) is 2.57. The van der Waals surface area contributed by atoms with Crippen molar-refractivity contribution in [2.45, 2.75) is 19.9 Å². The third kappa shape index (κ3) is 2.12. The summed E-state index contributed by atoms with van der Waals surface area (Å²) in [6.07, 6.45) is 0. The van der Waals surface area contributed by atoms with Gasteiger partial charge in [-0.3, -0.25) is 5.10 Å². The van der Waals surface area contributed by atoms with Crippen LogP contribution in [0.25, 0.3) is 11.4 Å². The Balaban J connectivity index is 2.27. The van der Waals surface area contributed by atoms with Crippen molar-refractivity contribution >= 4 is 0 Å². The van der Waals surface area contributed by atoms with Gasteiger partial charge in [-0.05, 0) is 5.92 Å². The van der Waals surface area contributed by atoms with E-state index >= 15 is 0 Å². The maximum atomic E-state index is 6.00. The quantitative estimate of drug-likeness (QED) is 0.825. The summed E-state index contributed by atoms with van der Waals surface area (Å²) in [5.74, 6) is 1.79. The molecular formula is C12H16N4. The van der Waals surface area contributed by atoms with Crippen LogP contribution >= 0.6 is 0 Å². The van der Waals surface area contributed by atoms with E-state index in [1.165, 1.54) is 0 Å². The second-order valence-electron chi connectivity index (χ2n) is 4.18. The average Bonchev–Trinajstić information content (AvgIpc) is 2.78. The molecule has 0 saturated carbocycles. The summed E-state index contributed by atoms with van der Waals surface area (Å²) >= 11 is 0. The van der Waals surface area contributed by atoms with Crippen molar-refractivity contribution in [3.05, 3.63) is 36.2 Å². The molecule has 1 atom stereocenters. The van der Waals surface area contributed by atoms with Crippen LogP contribution in [0.5, 0.6) is 0 Å². The summed E-state index contributed by atoms with van der Waals surface area (Å²) in [6, 6.07) is 9.77. The first-order chi connectivity index (χ1) is 7.68. The lowest BCUT2D eigenvalue weighted by atomic mass is 10.1. The molecule has 4 nitrogen and oxygen atoms in total. The van der Waals surface area contributed by atoms with E-state index in [4.69, 9.17) is 5.73 Å². The summed E-state index contributed by atoms with van der Waals surface area (Å²) in [5, 5.41) is 7.07. The third-order valence-corrected chi connectivity index (χ3v) is 2.57. The SMILES string of the molecule is CC(C)[C@H](N)c1nc(-c2ccccc2)n[nH]1. The number of nitrogens with one attached hydrogen (secondary N) is 1. The topological polar surface area (TPSA) is 67.6 Å². The smallest absolute Gasteiger partial charge is 0.181 e. The van der Waals surface area contributed by atoms with Crippen LogP contribution in [0.3, 0.4) is 0 Å². The number of aromatic nitrogens is 3. The molecule has 0 amide bonds. The van der Waals surface area contributed by atoms with Crippen LogP contribution in [0, 0.1) is 5.92 Å². The van der Waals surface area contributed by atoms with Gasteiger partial charge in [-0.2, -0.15) is 5.10 Å². The fourth-order valence-corrected chi connectivity index (χ4v) is 1.46. The summed E-state index contributed by atoms with van der Waals surface area (Å²) in [6.45, 7) is 4.13. The van der Waals surface area contributed by atoms with E-state index in [0.717, 1.165) is 11.4 Å². The van der Waals surface area contributed by atoms with E-state index in [-0.39, 0.29) is 6.04 Å². The summed E-state index contributed by atoms with van der Waals surface area (Å²) in [4.78, 5) is 4.41. The molecule has 0 bridgehead atoms. The van der Waals surface area contributed by atoms with Crippen LogP contribution in [0.2, 0.25) is 0 Å². The highest BCUT2D eigenvalue weighted by atomic mass is 15.2. The van der Waals surface area contributed by atoms with Gasteiger partial charge >= 0.3 is 0 Å². The lowest BCUT2D eigenvalue weighted by Crippen LogP contribution is -2.18. The second kappa shape index (κ2) is 4.45. The van der Waals surface area contributed by atoms with E-state index < -0.39 is 0 Å². The molecule has 0 radical (unpaired) electrons. The van der Waals surface area contributed by atoms with Crippen LogP contribution in [0.4, 0.5) is 0 Å². The Hall–Kier alpha value is -1.68. The molecule has 0 aliphatic heterocycles. The molecule has 1 aromatic heterocycles. The second-order valence-corrected chi connectivity index (χ2v) is 4.18. The molecule has 0 saturated heterocycles. The minimum Gasteiger partial charge on any atom is -0.321 e. The van der Waals surface area contributed by atoms with Gasteiger partial charge in [0.15, 0.2) is 5.82 Å². The predicted octanol–water partition coefficient (Wildman–Crippen LogP) is 2.13. The first-order valence-corrected chi connectivity index (χ1v) is 5.42. The molecular weight excluding hydrogens is 200 g/mol. The van der Waals surface area contributed by atoms with Crippen molar-refractivity contribution in [3.63, 3.8) is 0 Å². The molecule has 2 rings (SSSR count). The fourth-order valence-electron chi connectivity index (χ4n) is 1.46. The molecule has 0 aliphatic carbocycles. The molecule has 0 spiro atoms. The molecule has 3 N–H and O–H groups in total. The van der Waals surface area contributed by atoms with E-state index in [2.05, 4.69) is 29.0 Å². The number of nitrogens with two attached hydrogens (primary N) is 1. The van der Waals surface area contributed by atoms with Crippen molar-refractivity contribution in [1.82, 2.24) is 15.2 Å². The maximum Gasteiger partial charge on any atom is 0.181 e. The largest absolute Gasteiger partial charge is 0.321 e. The first-order valence-electron chi connectivity index (χ1n) is 5.42. The highest BCUT2D eigenvalue weighted by molar-refractivity contribution is 5.53. The first kappa shape index (κ1) is 10.8. The highest BCUT2D eigenvalue weighted by Gasteiger charge is 2.15. The molecule has 0 fully saturated rings. The van der Waals surface area contributed by atoms with E-state index in [0.29, 0.717) is 11.7 Å². The monoisotopic (exact) mass is 216 g/mol. The van der Waals surface area contributed by atoms with Crippen molar-refractivity contribution in [1.29, 1.82) is 0 Å². The van der Waals surface area contributed by atoms with Gasteiger partial charge < -0.3 is 5.73 Å². The van der Waals surface area contributed by atoms with E-state index in [9.17, 15) is 0 Å². The van der Waals surface area contributed by atoms with Crippen molar-refractivity contribution in [2.24, 2.45) is 11.7 Å². The van der Waals surface area contributed by atoms with Gasteiger partial charge in [0, 0.05) is 5.56 Å². The Morgan fingerprint density at radius 1 is 1.19 bits per heavy atom. The normalized spacial score (nSPS) is 13.0. The summed E-state index contributed by atoms with van der Waals surface area (Å²) in [5.41, 5.74) is 7.00. The molecule has 2 aromatic rings. The molecule has 1 aromatic carbocycles. The van der Waals surface area contributed by atoms with Gasteiger partial charge in [0.25, 0.3) is 0 Å². The number of nitrogens with zero attached hydrogens (tertiary/aromatic N) is 2. The zero-order chi connectivity index (χ0) is 11.5. The zero-order valence-corrected chi connectivity index (χ0v) is 9.51. The highest BCUT2D eigenvalue weighted by Crippen LogP contribution is 2.18. The van der Waals surface area contributed by atoms with Gasteiger partial charge in [0.05, 0.1) is 6.04 Å². The van der Waals surface area contributed by atoms with Crippen molar-refractivity contribution in [3.8, 4) is 11.4 Å². The van der Waals surface area contributed by atoms with Crippen LogP contribution in [-0.4, -0.2) is 15.2 Å². The Kier molecular flexibility index (Phi) is 3.01. The number of hydrogen-bond donors (Lipinski definition) is 2. The summed E-state index contributed by atoms with van der Waals surface area (Å²) in [7, 11) is 0.